The highest BCUT2D eigenvalue weighted by Gasteiger charge is 2.41. The topological polar surface area (TPSA) is 44.7 Å². The van der Waals surface area contributed by atoms with Crippen molar-refractivity contribution in [2.24, 2.45) is 5.41 Å². The summed E-state index contributed by atoms with van der Waals surface area (Å²) in [5, 5.41) is 1.14. The maximum absolute atomic E-state index is 6.01. The van der Waals surface area contributed by atoms with Crippen LogP contribution in [0.5, 0.6) is 0 Å². The number of likely N-dealkylation sites (N-methyl/N-ethyl adjacent to an activating group) is 1. The van der Waals surface area contributed by atoms with Gasteiger partial charge in [-0.1, -0.05) is 22.4 Å². The second kappa shape index (κ2) is 7.67. The van der Waals surface area contributed by atoms with Gasteiger partial charge in [0.05, 0.1) is 18.7 Å². The van der Waals surface area contributed by atoms with Crippen LogP contribution < -0.4 is 9.80 Å². The number of aromatic nitrogens is 2. The van der Waals surface area contributed by atoms with E-state index in [0.29, 0.717) is 5.41 Å². The van der Waals surface area contributed by atoms with Crippen molar-refractivity contribution < 1.29 is 4.74 Å². The Labute approximate surface area is 181 Å². The van der Waals surface area contributed by atoms with Crippen molar-refractivity contribution in [3.05, 3.63) is 22.2 Å². The van der Waals surface area contributed by atoms with Gasteiger partial charge in [0.1, 0.15) is 5.82 Å². The number of hydrogen-bond acceptors (Lipinski definition) is 6. The zero-order valence-corrected chi connectivity index (χ0v) is 19.0. The minimum Gasteiger partial charge on any atom is -0.379 e. The zero-order chi connectivity index (χ0) is 20.0. The quantitative estimate of drug-likeness (QED) is 0.684. The monoisotopic (exact) mass is 459 g/mol. The van der Waals surface area contributed by atoms with Gasteiger partial charge in [-0.2, -0.15) is 4.98 Å². The summed E-state index contributed by atoms with van der Waals surface area (Å²) >= 11 is 3.69. The molecule has 0 N–H and O–H groups in total. The van der Waals surface area contributed by atoms with Crippen LogP contribution in [0.1, 0.15) is 24.8 Å². The Hall–Kier alpha value is -1.44. The van der Waals surface area contributed by atoms with Crippen molar-refractivity contribution in [1.29, 1.82) is 0 Å². The van der Waals surface area contributed by atoms with Crippen LogP contribution in [-0.4, -0.2) is 74.4 Å². The van der Waals surface area contributed by atoms with E-state index in [1.165, 1.54) is 24.8 Å². The summed E-state index contributed by atoms with van der Waals surface area (Å²) in [5.41, 5.74) is 2.57. The van der Waals surface area contributed by atoms with E-state index in [1.54, 1.807) is 0 Å². The molecule has 0 radical (unpaired) electrons. The molecular formula is C22H30BrN5O. The van der Waals surface area contributed by atoms with Gasteiger partial charge in [0.2, 0.25) is 5.95 Å². The predicted molar refractivity (Wildman–Crippen MR) is 121 cm³/mol. The summed E-state index contributed by atoms with van der Waals surface area (Å²) in [6.45, 7) is 9.79. The minimum absolute atomic E-state index is 0.308. The molecule has 6 nitrogen and oxygen atoms in total. The molecule has 1 aliphatic carbocycles. The number of rotatable bonds is 2. The molecule has 2 aliphatic heterocycles. The fraction of sp³-hybridized carbons (Fsp3) is 0.636. The number of piperazine rings is 1. The molecule has 5 rings (SSSR count). The molecule has 0 bridgehead atoms. The lowest BCUT2D eigenvalue weighted by molar-refractivity contribution is 0.0187. The summed E-state index contributed by atoms with van der Waals surface area (Å²) in [6.07, 6.45) is 3.85. The number of ether oxygens (including phenoxy) is 1. The van der Waals surface area contributed by atoms with Crippen molar-refractivity contribution in [3.8, 4) is 0 Å². The summed E-state index contributed by atoms with van der Waals surface area (Å²) < 4.78 is 7.10. The van der Waals surface area contributed by atoms with Crippen LogP contribution >= 0.6 is 15.9 Å². The van der Waals surface area contributed by atoms with Crippen LogP contribution in [0.3, 0.4) is 0 Å². The smallest absolute Gasteiger partial charge is 0.227 e. The largest absolute Gasteiger partial charge is 0.379 e. The summed E-state index contributed by atoms with van der Waals surface area (Å²) in [4.78, 5) is 17.4. The fourth-order valence-electron chi connectivity index (χ4n) is 4.88. The molecule has 0 amide bonds. The highest BCUT2D eigenvalue weighted by Crippen LogP contribution is 2.44. The van der Waals surface area contributed by atoms with E-state index in [-0.39, 0.29) is 0 Å². The Balaban J connectivity index is 1.60. The van der Waals surface area contributed by atoms with E-state index >= 15 is 0 Å². The van der Waals surface area contributed by atoms with Gasteiger partial charge in [0.25, 0.3) is 0 Å². The van der Waals surface area contributed by atoms with Gasteiger partial charge in [-0.3, -0.25) is 0 Å². The average Bonchev–Trinajstić information content (AvgIpc) is 2.91. The third-order valence-corrected chi connectivity index (χ3v) is 7.32. The van der Waals surface area contributed by atoms with E-state index in [4.69, 9.17) is 14.7 Å². The molecule has 3 aliphatic rings. The van der Waals surface area contributed by atoms with Gasteiger partial charge in [0.15, 0.2) is 0 Å². The van der Waals surface area contributed by atoms with Crippen LogP contribution in [0.25, 0.3) is 10.9 Å². The molecule has 29 heavy (non-hydrogen) atoms. The van der Waals surface area contributed by atoms with Crippen LogP contribution in [0, 0.1) is 12.3 Å². The first kappa shape index (κ1) is 19.5. The third kappa shape index (κ3) is 3.73. The highest BCUT2D eigenvalue weighted by molar-refractivity contribution is 9.10. The molecule has 0 atom stereocenters. The fourth-order valence-corrected chi connectivity index (χ4v) is 5.45. The van der Waals surface area contributed by atoms with E-state index in [9.17, 15) is 0 Å². The lowest BCUT2D eigenvalue weighted by Gasteiger charge is -2.43. The number of aryl methyl sites for hydroxylation is 1. The van der Waals surface area contributed by atoms with Crippen molar-refractivity contribution in [2.75, 3.05) is 69.3 Å². The molecule has 1 saturated carbocycles. The maximum Gasteiger partial charge on any atom is 0.227 e. The molecule has 0 unspecified atom stereocenters. The molecule has 3 heterocycles. The number of halogens is 1. The SMILES string of the molecule is Cc1cc(Br)cc2c(N3CCOCC4(CCC4)C3)nc(N3CCN(C)CC3)nc12. The normalized spacial score (nSPS) is 22.7. The molecule has 3 fully saturated rings. The van der Waals surface area contributed by atoms with E-state index in [0.717, 1.165) is 79.6 Å². The van der Waals surface area contributed by atoms with Gasteiger partial charge >= 0.3 is 0 Å². The molecule has 2 saturated heterocycles. The number of benzene rings is 1. The van der Waals surface area contributed by atoms with Gasteiger partial charge < -0.3 is 19.4 Å². The van der Waals surface area contributed by atoms with Gasteiger partial charge in [-0.05, 0) is 44.5 Å². The number of nitrogens with zero attached hydrogens (tertiary/aromatic N) is 5. The second-order valence-electron chi connectivity index (χ2n) is 9.08. The third-order valence-electron chi connectivity index (χ3n) is 6.86. The van der Waals surface area contributed by atoms with Crippen molar-refractivity contribution in [2.45, 2.75) is 26.2 Å². The Morgan fingerprint density at radius 1 is 1.03 bits per heavy atom. The highest BCUT2D eigenvalue weighted by atomic mass is 79.9. The molecule has 1 spiro atoms. The first-order valence-corrected chi connectivity index (χ1v) is 11.6. The van der Waals surface area contributed by atoms with Crippen molar-refractivity contribution in [1.82, 2.24) is 14.9 Å². The van der Waals surface area contributed by atoms with Crippen molar-refractivity contribution >= 4 is 38.6 Å². The molecule has 2 aromatic rings. The molecular weight excluding hydrogens is 430 g/mol. The first-order valence-electron chi connectivity index (χ1n) is 10.8. The van der Waals surface area contributed by atoms with E-state index in [1.807, 2.05) is 0 Å². The predicted octanol–water partition coefficient (Wildman–Crippen LogP) is 3.46. The first-order chi connectivity index (χ1) is 14.0. The average molecular weight is 460 g/mol. The Bertz CT molecular complexity index is 908. The lowest BCUT2D eigenvalue weighted by atomic mass is 9.69. The zero-order valence-electron chi connectivity index (χ0n) is 17.5. The molecule has 1 aromatic heterocycles. The Morgan fingerprint density at radius 3 is 2.55 bits per heavy atom. The number of fused-ring (bicyclic) bond motifs is 1. The summed E-state index contributed by atoms with van der Waals surface area (Å²) in [7, 11) is 2.18. The second-order valence-corrected chi connectivity index (χ2v) is 10.00. The lowest BCUT2D eigenvalue weighted by Crippen LogP contribution is -2.46. The molecule has 156 valence electrons. The van der Waals surface area contributed by atoms with Crippen LogP contribution in [-0.2, 0) is 4.74 Å². The van der Waals surface area contributed by atoms with E-state index < -0.39 is 0 Å². The van der Waals surface area contributed by atoms with Crippen molar-refractivity contribution in [3.63, 3.8) is 0 Å². The number of anilines is 2. The molecule has 7 heteroatoms. The van der Waals surface area contributed by atoms with Crippen LogP contribution in [0.4, 0.5) is 11.8 Å². The standard InChI is InChI=1S/C22H30BrN5O/c1-16-12-17(23)13-18-19(16)24-21(27-8-6-26(2)7-9-27)25-20(18)28-10-11-29-15-22(14-28)4-3-5-22/h12-13H,3-11,14-15H2,1-2H3. The summed E-state index contributed by atoms with van der Waals surface area (Å²) in [5.74, 6) is 1.95. The summed E-state index contributed by atoms with van der Waals surface area (Å²) in [6, 6.07) is 4.34. The maximum atomic E-state index is 6.01. The van der Waals surface area contributed by atoms with Gasteiger partial charge in [-0.15, -0.1) is 0 Å². The van der Waals surface area contributed by atoms with Crippen LogP contribution in [0.15, 0.2) is 16.6 Å². The Kier molecular flexibility index (Phi) is 5.16. The van der Waals surface area contributed by atoms with Gasteiger partial charge in [-0.25, -0.2) is 4.98 Å². The minimum atomic E-state index is 0.308. The van der Waals surface area contributed by atoms with E-state index in [2.05, 4.69) is 56.7 Å². The number of hydrogen-bond donors (Lipinski definition) is 0. The Morgan fingerprint density at radius 2 is 1.83 bits per heavy atom. The molecule has 1 aromatic carbocycles. The van der Waals surface area contributed by atoms with Crippen LogP contribution in [0.2, 0.25) is 0 Å². The van der Waals surface area contributed by atoms with Gasteiger partial charge in [0, 0.05) is 54.5 Å².